The first-order chi connectivity index (χ1) is 12.7. The predicted molar refractivity (Wildman–Crippen MR) is 109 cm³/mol. The maximum absolute atomic E-state index is 5.23. The second kappa shape index (κ2) is 8.82. The Kier molecular flexibility index (Phi) is 6.01. The second-order valence-electron chi connectivity index (χ2n) is 5.65. The lowest BCUT2D eigenvalue weighted by atomic mass is 10.0. The molecule has 0 aliphatic heterocycles. The molecule has 6 heteroatoms. The third-order valence-electron chi connectivity index (χ3n) is 3.86. The second-order valence-corrected chi connectivity index (χ2v) is 6.06. The number of thiocarbonyl (C=S) groups is 1. The minimum Gasteiger partial charge on any atom is -0.357 e. The fourth-order valence-corrected chi connectivity index (χ4v) is 2.61. The normalized spacial score (nSPS) is 10.7. The van der Waals surface area contributed by atoms with Crippen molar-refractivity contribution in [3.8, 4) is 11.1 Å². The van der Waals surface area contributed by atoms with E-state index in [1.165, 1.54) is 0 Å². The van der Waals surface area contributed by atoms with Gasteiger partial charge in [-0.3, -0.25) is 15.4 Å². The molecule has 0 radical (unpaired) electrons. The van der Waals surface area contributed by atoms with Crippen molar-refractivity contribution in [2.75, 3.05) is 0 Å². The molecule has 130 valence electrons. The Bertz CT molecular complexity index is 895. The molecule has 3 rings (SSSR count). The van der Waals surface area contributed by atoms with Crippen molar-refractivity contribution in [3.63, 3.8) is 0 Å². The van der Waals surface area contributed by atoms with E-state index in [2.05, 4.69) is 37.9 Å². The first-order valence-corrected chi connectivity index (χ1v) is 8.61. The Labute approximate surface area is 158 Å². The summed E-state index contributed by atoms with van der Waals surface area (Å²) in [6, 6.07) is 16.1. The minimum absolute atomic E-state index is 0.446. The van der Waals surface area contributed by atoms with Gasteiger partial charge in [-0.25, -0.2) is 0 Å². The minimum atomic E-state index is 0.446. The molecule has 0 saturated carbocycles. The highest BCUT2D eigenvalue weighted by molar-refractivity contribution is 7.80. The van der Waals surface area contributed by atoms with Gasteiger partial charge >= 0.3 is 0 Å². The van der Waals surface area contributed by atoms with Crippen molar-refractivity contribution < 1.29 is 0 Å². The van der Waals surface area contributed by atoms with E-state index in [1.54, 1.807) is 24.8 Å². The summed E-state index contributed by atoms with van der Waals surface area (Å²) in [5.74, 6) is 0. The topological polar surface area (TPSA) is 62.2 Å². The molecule has 0 spiro atoms. The van der Waals surface area contributed by atoms with Crippen LogP contribution in [0, 0.1) is 6.92 Å². The fourth-order valence-electron chi connectivity index (χ4n) is 2.49. The van der Waals surface area contributed by atoms with E-state index in [0.29, 0.717) is 11.7 Å². The molecule has 2 heterocycles. The standard InChI is InChI=1S/C20H19N5S/c1-15-18(17-7-3-2-4-8-17)9-11-22-19(15)14-24-25-20(26)23-13-16-6-5-10-21-12-16/h2-12,14H,13H2,1H3,(H2,23,25,26). The van der Waals surface area contributed by atoms with Gasteiger partial charge in [0.05, 0.1) is 11.9 Å². The van der Waals surface area contributed by atoms with Gasteiger partial charge in [0.25, 0.3) is 0 Å². The zero-order valence-electron chi connectivity index (χ0n) is 14.4. The molecule has 2 aromatic heterocycles. The summed E-state index contributed by atoms with van der Waals surface area (Å²) in [4.78, 5) is 8.46. The molecule has 0 fully saturated rings. The lowest BCUT2D eigenvalue weighted by Gasteiger charge is -2.08. The quantitative estimate of drug-likeness (QED) is 0.414. The molecule has 3 aromatic rings. The summed E-state index contributed by atoms with van der Waals surface area (Å²) in [5.41, 5.74) is 8.03. The Morgan fingerprint density at radius 2 is 1.96 bits per heavy atom. The van der Waals surface area contributed by atoms with Gasteiger partial charge in [-0.15, -0.1) is 0 Å². The maximum atomic E-state index is 5.23. The molecule has 0 aliphatic rings. The lowest BCUT2D eigenvalue weighted by Crippen LogP contribution is -2.31. The Morgan fingerprint density at radius 1 is 1.12 bits per heavy atom. The average Bonchev–Trinajstić information content (AvgIpc) is 2.69. The molecule has 26 heavy (non-hydrogen) atoms. The molecular formula is C20H19N5S. The number of hydrogen-bond donors (Lipinski definition) is 2. The molecule has 0 bridgehead atoms. The molecule has 0 aliphatic carbocycles. The van der Waals surface area contributed by atoms with E-state index in [4.69, 9.17) is 12.2 Å². The van der Waals surface area contributed by atoms with Crippen molar-refractivity contribution in [3.05, 3.63) is 83.9 Å². The van der Waals surface area contributed by atoms with Crippen molar-refractivity contribution in [2.24, 2.45) is 5.10 Å². The van der Waals surface area contributed by atoms with Crippen LogP contribution in [-0.4, -0.2) is 21.3 Å². The molecule has 0 saturated heterocycles. The fraction of sp³-hybridized carbons (Fsp3) is 0.100. The van der Waals surface area contributed by atoms with Crippen LogP contribution in [0.2, 0.25) is 0 Å². The molecule has 0 atom stereocenters. The van der Waals surface area contributed by atoms with Crippen LogP contribution >= 0.6 is 12.2 Å². The highest BCUT2D eigenvalue weighted by Crippen LogP contribution is 2.23. The Morgan fingerprint density at radius 3 is 2.73 bits per heavy atom. The first kappa shape index (κ1) is 17.7. The largest absolute Gasteiger partial charge is 0.357 e. The number of pyridine rings is 2. The van der Waals surface area contributed by atoms with Crippen LogP contribution in [0.4, 0.5) is 0 Å². The third-order valence-corrected chi connectivity index (χ3v) is 4.09. The lowest BCUT2D eigenvalue weighted by molar-refractivity contribution is 0.863. The van der Waals surface area contributed by atoms with Gasteiger partial charge in [-0.2, -0.15) is 5.10 Å². The monoisotopic (exact) mass is 361 g/mol. The highest BCUT2D eigenvalue weighted by atomic mass is 32.1. The summed E-state index contributed by atoms with van der Waals surface area (Å²) in [6.45, 7) is 2.63. The Balaban J connectivity index is 1.61. The van der Waals surface area contributed by atoms with Crippen LogP contribution < -0.4 is 10.7 Å². The van der Waals surface area contributed by atoms with E-state index in [1.807, 2.05) is 43.3 Å². The zero-order valence-corrected chi connectivity index (χ0v) is 15.2. The number of nitrogens with one attached hydrogen (secondary N) is 2. The van der Waals surface area contributed by atoms with Gasteiger partial charge in [0.1, 0.15) is 0 Å². The number of hydrazone groups is 1. The van der Waals surface area contributed by atoms with Crippen LogP contribution in [0.1, 0.15) is 16.8 Å². The number of rotatable bonds is 5. The van der Waals surface area contributed by atoms with E-state index in [9.17, 15) is 0 Å². The van der Waals surface area contributed by atoms with Crippen LogP contribution in [0.5, 0.6) is 0 Å². The summed E-state index contributed by atoms with van der Waals surface area (Å²) in [6.07, 6.45) is 7.00. The van der Waals surface area contributed by atoms with Crippen LogP contribution in [0.15, 0.2) is 72.2 Å². The predicted octanol–water partition coefficient (Wildman–Crippen LogP) is 3.45. The number of benzene rings is 1. The maximum Gasteiger partial charge on any atom is 0.187 e. The average molecular weight is 361 g/mol. The summed E-state index contributed by atoms with van der Waals surface area (Å²) in [7, 11) is 0. The number of nitrogens with zero attached hydrogens (tertiary/aromatic N) is 3. The molecule has 2 N–H and O–H groups in total. The van der Waals surface area contributed by atoms with Crippen molar-refractivity contribution in [1.29, 1.82) is 0 Å². The van der Waals surface area contributed by atoms with E-state index >= 15 is 0 Å². The van der Waals surface area contributed by atoms with Crippen LogP contribution in [0.3, 0.4) is 0 Å². The van der Waals surface area contributed by atoms with Gasteiger partial charge in [0.2, 0.25) is 0 Å². The smallest absolute Gasteiger partial charge is 0.187 e. The molecule has 0 amide bonds. The van der Waals surface area contributed by atoms with Gasteiger partial charge in [-0.1, -0.05) is 36.4 Å². The van der Waals surface area contributed by atoms with Crippen molar-refractivity contribution in [2.45, 2.75) is 13.5 Å². The van der Waals surface area contributed by atoms with Crippen molar-refractivity contribution >= 4 is 23.5 Å². The van der Waals surface area contributed by atoms with Gasteiger partial charge < -0.3 is 5.32 Å². The molecular weight excluding hydrogens is 342 g/mol. The van der Waals surface area contributed by atoms with Gasteiger partial charge in [0, 0.05) is 25.1 Å². The molecule has 0 unspecified atom stereocenters. The third kappa shape index (κ3) is 4.70. The number of hydrogen-bond acceptors (Lipinski definition) is 4. The van der Waals surface area contributed by atoms with E-state index in [-0.39, 0.29) is 0 Å². The van der Waals surface area contributed by atoms with Gasteiger partial charge in [0.15, 0.2) is 5.11 Å². The van der Waals surface area contributed by atoms with Gasteiger partial charge in [-0.05, 0) is 53.5 Å². The summed E-state index contributed by atoms with van der Waals surface area (Å²) in [5, 5.41) is 7.72. The van der Waals surface area contributed by atoms with E-state index in [0.717, 1.165) is 27.9 Å². The SMILES string of the molecule is Cc1c(-c2ccccc2)ccnc1C=NNC(=S)NCc1cccnc1. The molecule has 1 aromatic carbocycles. The summed E-state index contributed by atoms with van der Waals surface area (Å²) >= 11 is 5.23. The zero-order chi connectivity index (χ0) is 18.2. The van der Waals surface area contributed by atoms with Crippen molar-refractivity contribution in [1.82, 2.24) is 20.7 Å². The summed E-state index contributed by atoms with van der Waals surface area (Å²) < 4.78 is 0. The first-order valence-electron chi connectivity index (χ1n) is 8.21. The number of aromatic nitrogens is 2. The Hall–Kier alpha value is -3.12. The van der Waals surface area contributed by atoms with Crippen LogP contribution in [0.25, 0.3) is 11.1 Å². The van der Waals surface area contributed by atoms with Crippen LogP contribution in [-0.2, 0) is 6.54 Å². The molecule has 5 nitrogen and oxygen atoms in total. The highest BCUT2D eigenvalue weighted by Gasteiger charge is 2.05. The van der Waals surface area contributed by atoms with E-state index < -0.39 is 0 Å².